The Balaban J connectivity index is 2.14. The Bertz CT molecular complexity index is 558. The van der Waals surface area contributed by atoms with Crippen LogP contribution < -0.4 is 4.90 Å². The van der Waals surface area contributed by atoms with E-state index in [0.29, 0.717) is 13.0 Å². The van der Waals surface area contributed by atoms with E-state index in [1.165, 1.54) is 0 Å². The maximum atomic E-state index is 12.6. The van der Waals surface area contributed by atoms with Crippen molar-refractivity contribution in [1.29, 1.82) is 0 Å². The molecular formula is C16H22N2O3. The summed E-state index contributed by atoms with van der Waals surface area (Å²) in [6.07, 6.45) is 1.33. The zero-order valence-electron chi connectivity index (χ0n) is 12.8. The fourth-order valence-electron chi connectivity index (χ4n) is 2.74. The molecular weight excluding hydrogens is 268 g/mol. The largest absolute Gasteiger partial charge is 0.481 e. The van der Waals surface area contributed by atoms with E-state index in [1.807, 2.05) is 31.2 Å². The number of hydrogen-bond acceptors (Lipinski definition) is 2. The third-order valence-electron chi connectivity index (χ3n) is 4.16. The quantitative estimate of drug-likeness (QED) is 0.911. The Morgan fingerprint density at radius 2 is 2.10 bits per heavy atom. The molecule has 1 fully saturated rings. The van der Waals surface area contributed by atoms with E-state index in [4.69, 9.17) is 0 Å². The Morgan fingerprint density at radius 3 is 2.71 bits per heavy atom. The molecule has 0 bridgehead atoms. The normalized spacial score (nSPS) is 22.0. The van der Waals surface area contributed by atoms with Gasteiger partial charge in [-0.25, -0.2) is 4.79 Å². The topological polar surface area (TPSA) is 60.9 Å². The first kappa shape index (κ1) is 15.4. The number of carboxylic acid groups (broad SMARTS) is 1. The molecule has 0 aliphatic carbocycles. The molecule has 1 unspecified atom stereocenters. The van der Waals surface area contributed by atoms with Crippen LogP contribution in [-0.4, -0.2) is 42.1 Å². The summed E-state index contributed by atoms with van der Waals surface area (Å²) < 4.78 is 0. The number of carbonyl (C=O) groups is 2. The molecule has 5 nitrogen and oxygen atoms in total. The van der Waals surface area contributed by atoms with Crippen molar-refractivity contribution in [2.24, 2.45) is 5.41 Å². The van der Waals surface area contributed by atoms with Crippen LogP contribution in [0, 0.1) is 12.3 Å². The Morgan fingerprint density at radius 1 is 1.38 bits per heavy atom. The van der Waals surface area contributed by atoms with Gasteiger partial charge < -0.3 is 10.0 Å². The van der Waals surface area contributed by atoms with Crippen LogP contribution in [0.25, 0.3) is 0 Å². The molecule has 1 saturated heterocycles. The van der Waals surface area contributed by atoms with Gasteiger partial charge in [-0.3, -0.25) is 9.69 Å². The molecule has 2 amide bonds. The number of carboxylic acids is 1. The number of amides is 2. The summed E-state index contributed by atoms with van der Waals surface area (Å²) in [4.78, 5) is 27.2. The number of nitrogens with zero attached hydrogens (tertiary/aromatic N) is 2. The maximum absolute atomic E-state index is 12.6. The van der Waals surface area contributed by atoms with Crippen molar-refractivity contribution in [1.82, 2.24) is 4.90 Å². The number of aryl methyl sites for hydroxylation is 1. The van der Waals surface area contributed by atoms with Gasteiger partial charge in [0.2, 0.25) is 0 Å². The minimum Gasteiger partial charge on any atom is -0.481 e. The smallest absolute Gasteiger partial charge is 0.324 e. The van der Waals surface area contributed by atoms with Crippen LogP contribution in [0.15, 0.2) is 24.3 Å². The number of hydrogen-bond donors (Lipinski definition) is 1. The zero-order chi connectivity index (χ0) is 15.6. The molecule has 0 radical (unpaired) electrons. The first-order chi connectivity index (χ1) is 9.83. The van der Waals surface area contributed by atoms with Crippen molar-refractivity contribution in [3.05, 3.63) is 29.8 Å². The van der Waals surface area contributed by atoms with Crippen LogP contribution in [0.5, 0.6) is 0 Å². The highest BCUT2D eigenvalue weighted by molar-refractivity contribution is 5.92. The van der Waals surface area contributed by atoms with Gasteiger partial charge in [0, 0.05) is 25.8 Å². The number of carbonyl (C=O) groups excluding carboxylic acids is 1. The number of anilines is 1. The number of aliphatic carboxylic acids is 1. The van der Waals surface area contributed by atoms with E-state index in [9.17, 15) is 14.7 Å². The van der Waals surface area contributed by atoms with Crippen LogP contribution in [0.2, 0.25) is 0 Å². The van der Waals surface area contributed by atoms with E-state index in [1.54, 1.807) is 23.8 Å². The van der Waals surface area contributed by atoms with Crippen molar-refractivity contribution in [3.63, 3.8) is 0 Å². The van der Waals surface area contributed by atoms with Gasteiger partial charge in [-0.2, -0.15) is 0 Å². The molecule has 1 N–H and O–H groups in total. The number of piperidine rings is 1. The molecule has 0 aromatic heterocycles. The summed E-state index contributed by atoms with van der Waals surface area (Å²) in [6.45, 7) is 4.56. The minimum atomic E-state index is -0.846. The van der Waals surface area contributed by atoms with Gasteiger partial charge in [-0.1, -0.05) is 12.1 Å². The summed E-state index contributed by atoms with van der Waals surface area (Å²) in [6, 6.07) is 7.56. The monoisotopic (exact) mass is 290 g/mol. The van der Waals surface area contributed by atoms with Gasteiger partial charge in [-0.05, 0) is 44.4 Å². The SMILES string of the molecule is Cc1cccc(N(C)C(=O)N2CCCC(C)(C(=O)O)C2)c1. The fraction of sp³-hybridized carbons (Fsp3) is 0.500. The molecule has 21 heavy (non-hydrogen) atoms. The number of urea groups is 1. The van der Waals surface area contributed by atoms with E-state index >= 15 is 0 Å². The lowest BCUT2D eigenvalue weighted by Gasteiger charge is -2.39. The molecule has 0 saturated carbocycles. The molecule has 1 aromatic carbocycles. The van der Waals surface area contributed by atoms with E-state index < -0.39 is 11.4 Å². The Kier molecular flexibility index (Phi) is 4.21. The first-order valence-corrected chi connectivity index (χ1v) is 7.16. The van der Waals surface area contributed by atoms with Gasteiger partial charge in [0.1, 0.15) is 0 Å². The predicted molar refractivity (Wildman–Crippen MR) is 81.5 cm³/mol. The van der Waals surface area contributed by atoms with Crippen LogP contribution >= 0.6 is 0 Å². The summed E-state index contributed by atoms with van der Waals surface area (Å²) in [5, 5.41) is 9.34. The highest BCUT2D eigenvalue weighted by atomic mass is 16.4. The number of rotatable bonds is 2. The average Bonchev–Trinajstić information content (AvgIpc) is 2.45. The lowest BCUT2D eigenvalue weighted by Crippen LogP contribution is -2.52. The van der Waals surface area contributed by atoms with Gasteiger partial charge in [0.05, 0.1) is 5.41 Å². The molecule has 1 aromatic rings. The summed E-state index contributed by atoms with van der Waals surface area (Å²) in [5.41, 5.74) is 1.06. The van der Waals surface area contributed by atoms with Crippen molar-refractivity contribution in [2.45, 2.75) is 26.7 Å². The molecule has 114 valence electrons. The lowest BCUT2D eigenvalue weighted by atomic mass is 9.82. The van der Waals surface area contributed by atoms with Gasteiger partial charge >= 0.3 is 12.0 Å². The van der Waals surface area contributed by atoms with Crippen LogP contribution in [0.3, 0.4) is 0 Å². The highest BCUT2D eigenvalue weighted by Gasteiger charge is 2.40. The third kappa shape index (κ3) is 3.17. The lowest BCUT2D eigenvalue weighted by molar-refractivity contribution is -0.150. The fourth-order valence-corrected chi connectivity index (χ4v) is 2.74. The molecule has 1 aliphatic heterocycles. The highest BCUT2D eigenvalue weighted by Crippen LogP contribution is 2.30. The standard InChI is InChI=1S/C16H22N2O3/c1-12-6-4-7-13(10-12)17(3)15(21)18-9-5-8-16(2,11-18)14(19)20/h4,6-7,10H,5,8-9,11H2,1-3H3,(H,19,20). The minimum absolute atomic E-state index is 0.146. The van der Waals surface area contributed by atoms with Gasteiger partial charge in [-0.15, -0.1) is 0 Å². The maximum Gasteiger partial charge on any atom is 0.324 e. The van der Waals surface area contributed by atoms with Gasteiger partial charge in [0.25, 0.3) is 0 Å². The molecule has 1 atom stereocenters. The first-order valence-electron chi connectivity index (χ1n) is 7.16. The predicted octanol–water partition coefficient (Wildman–Crippen LogP) is 2.74. The summed E-state index contributed by atoms with van der Waals surface area (Å²) >= 11 is 0. The Labute approximate surface area is 125 Å². The van der Waals surface area contributed by atoms with E-state index in [2.05, 4.69) is 0 Å². The zero-order valence-corrected chi connectivity index (χ0v) is 12.8. The number of likely N-dealkylation sites (tertiary alicyclic amines) is 1. The van der Waals surface area contributed by atoms with Crippen LogP contribution in [0.1, 0.15) is 25.3 Å². The second-order valence-corrected chi connectivity index (χ2v) is 6.07. The van der Waals surface area contributed by atoms with E-state index in [-0.39, 0.29) is 12.6 Å². The van der Waals surface area contributed by atoms with Crippen molar-refractivity contribution < 1.29 is 14.7 Å². The van der Waals surface area contributed by atoms with Crippen LogP contribution in [-0.2, 0) is 4.79 Å². The number of benzene rings is 1. The molecule has 5 heteroatoms. The second kappa shape index (κ2) is 5.76. The third-order valence-corrected chi connectivity index (χ3v) is 4.16. The van der Waals surface area contributed by atoms with Crippen LogP contribution in [0.4, 0.5) is 10.5 Å². The van der Waals surface area contributed by atoms with Crippen molar-refractivity contribution in [3.8, 4) is 0 Å². The summed E-state index contributed by atoms with van der Waals surface area (Å²) in [5.74, 6) is -0.835. The summed E-state index contributed by atoms with van der Waals surface area (Å²) in [7, 11) is 1.73. The molecule has 2 rings (SSSR count). The second-order valence-electron chi connectivity index (χ2n) is 6.07. The Hall–Kier alpha value is -2.04. The molecule has 0 spiro atoms. The van der Waals surface area contributed by atoms with Gasteiger partial charge in [0.15, 0.2) is 0 Å². The van der Waals surface area contributed by atoms with Crippen molar-refractivity contribution in [2.75, 3.05) is 25.0 Å². The average molecular weight is 290 g/mol. The molecule has 1 aliphatic rings. The molecule has 1 heterocycles. The van der Waals surface area contributed by atoms with E-state index in [0.717, 1.165) is 17.7 Å². The van der Waals surface area contributed by atoms with Crippen molar-refractivity contribution >= 4 is 17.7 Å².